The lowest BCUT2D eigenvalue weighted by molar-refractivity contribution is -0.123. The van der Waals surface area contributed by atoms with Crippen LogP contribution in [0, 0.1) is 6.92 Å². The molecule has 0 unspecified atom stereocenters. The molecule has 0 aliphatic rings. The van der Waals surface area contributed by atoms with Crippen LogP contribution < -0.4 is 19.6 Å². The van der Waals surface area contributed by atoms with Gasteiger partial charge in [0.15, 0.2) is 6.61 Å². The molecule has 0 radical (unpaired) electrons. The van der Waals surface area contributed by atoms with E-state index in [9.17, 15) is 9.59 Å². The van der Waals surface area contributed by atoms with Gasteiger partial charge in [-0.05, 0) is 79.1 Å². The minimum atomic E-state index is -0.456. The fourth-order valence-corrected chi connectivity index (χ4v) is 2.88. The molecule has 3 rings (SSSR count). The number of amides is 1. The molecule has 0 saturated heterocycles. The molecule has 1 N–H and O–H groups in total. The van der Waals surface area contributed by atoms with Gasteiger partial charge >= 0.3 is 5.97 Å². The largest absolute Gasteiger partial charge is 0.494 e. The van der Waals surface area contributed by atoms with E-state index in [1.54, 1.807) is 54.6 Å². The van der Waals surface area contributed by atoms with E-state index >= 15 is 0 Å². The Morgan fingerprint density at radius 3 is 2.32 bits per heavy atom. The van der Waals surface area contributed by atoms with Crippen LogP contribution in [0.4, 0.5) is 0 Å². The maximum atomic E-state index is 12.4. The van der Waals surface area contributed by atoms with Crippen molar-refractivity contribution in [3.05, 3.63) is 89.5 Å². The molecule has 0 aliphatic heterocycles. The Hall–Kier alpha value is -4.13. The van der Waals surface area contributed by atoms with Gasteiger partial charge < -0.3 is 14.2 Å². The fraction of sp³-hybridized carbons (Fsp3) is 0.222. The van der Waals surface area contributed by atoms with Gasteiger partial charge in [0.2, 0.25) is 0 Å². The van der Waals surface area contributed by atoms with E-state index in [2.05, 4.69) is 17.5 Å². The topological polar surface area (TPSA) is 86.2 Å². The number of hydrogen-bond acceptors (Lipinski definition) is 6. The number of unbranched alkanes of at least 4 members (excludes halogenated alkanes) is 1. The summed E-state index contributed by atoms with van der Waals surface area (Å²) in [4.78, 5) is 24.3. The maximum Gasteiger partial charge on any atom is 0.343 e. The van der Waals surface area contributed by atoms with Crippen LogP contribution in [-0.2, 0) is 4.79 Å². The van der Waals surface area contributed by atoms with Gasteiger partial charge in [0.1, 0.15) is 17.2 Å². The first-order chi connectivity index (χ1) is 16.5. The van der Waals surface area contributed by atoms with Gasteiger partial charge in [0, 0.05) is 0 Å². The number of esters is 1. The number of hydrogen-bond donors (Lipinski definition) is 1. The van der Waals surface area contributed by atoms with Crippen LogP contribution >= 0.6 is 0 Å². The van der Waals surface area contributed by atoms with Crippen LogP contribution in [0.25, 0.3) is 0 Å². The van der Waals surface area contributed by atoms with Crippen LogP contribution in [0.1, 0.15) is 41.3 Å². The summed E-state index contributed by atoms with van der Waals surface area (Å²) in [5.41, 5.74) is 4.54. The summed E-state index contributed by atoms with van der Waals surface area (Å²) in [5.74, 6) is 0.959. The zero-order valence-corrected chi connectivity index (χ0v) is 19.3. The third-order valence-corrected chi connectivity index (χ3v) is 4.80. The van der Waals surface area contributed by atoms with Gasteiger partial charge in [-0.2, -0.15) is 5.10 Å². The Labute approximate surface area is 199 Å². The van der Waals surface area contributed by atoms with Gasteiger partial charge in [-0.15, -0.1) is 0 Å². The van der Waals surface area contributed by atoms with Crippen molar-refractivity contribution in [2.24, 2.45) is 5.10 Å². The molecule has 0 aromatic heterocycles. The normalized spacial score (nSPS) is 10.6. The van der Waals surface area contributed by atoms with Crippen molar-refractivity contribution in [1.29, 1.82) is 0 Å². The Balaban J connectivity index is 1.44. The van der Waals surface area contributed by atoms with E-state index in [-0.39, 0.29) is 12.5 Å². The molecule has 7 heteroatoms. The highest BCUT2D eigenvalue weighted by molar-refractivity contribution is 5.91. The molecule has 1 amide bonds. The number of nitrogens with zero attached hydrogens (tertiary/aromatic N) is 1. The van der Waals surface area contributed by atoms with Crippen LogP contribution in [0.5, 0.6) is 17.2 Å². The highest BCUT2D eigenvalue weighted by Crippen LogP contribution is 2.17. The molecule has 0 fully saturated rings. The smallest absolute Gasteiger partial charge is 0.343 e. The second-order valence-corrected chi connectivity index (χ2v) is 7.53. The lowest BCUT2D eigenvalue weighted by Gasteiger charge is -2.07. The van der Waals surface area contributed by atoms with Gasteiger partial charge in [-0.1, -0.05) is 31.5 Å². The molecule has 3 aromatic rings. The van der Waals surface area contributed by atoms with E-state index in [1.165, 1.54) is 6.21 Å². The third kappa shape index (κ3) is 7.78. The van der Waals surface area contributed by atoms with E-state index in [1.807, 2.05) is 25.1 Å². The number of rotatable bonds is 11. The molecule has 0 saturated carbocycles. The van der Waals surface area contributed by atoms with Crippen molar-refractivity contribution in [1.82, 2.24) is 5.43 Å². The first kappa shape index (κ1) is 24.5. The van der Waals surface area contributed by atoms with Crippen molar-refractivity contribution < 1.29 is 23.8 Å². The average Bonchev–Trinajstić information content (AvgIpc) is 2.85. The third-order valence-electron chi connectivity index (χ3n) is 4.80. The summed E-state index contributed by atoms with van der Waals surface area (Å²) in [6.45, 7) is 4.53. The van der Waals surface area contributed by atoms with Crippen molar-refractivity contribution in [3.63, 3.8) is 0 Å². The van der Waals surface area contributed by atoms with Crippen molar-refractivity contribution in [2.75, 3.05) is 13.2 Å². The average molecular weight is 461 g/mol. The summed E-state index contributed by atoms with van der Waals surface area (Å²) in [6.07, 6.45) is 3.54. The van der Waals surface area contributed by atoms with Crippen LogP contribution in [-0.4, -0.2) is 31.3 Å². The second-order valence-electron chi connectivity index (χ2n) is 7.53. The molecule has 0 aliphatic carbocycles. The van der Waals surface area contributed by atoms with E-state index < -0.39 is 5.97 Å². The molecule has 34 heavy (non-hydrogen) atoms. The molecular weight excluding hydrogens is 432 g/mol. The van der Waals surface area contributed by atoms with Crippen molar-refractivity contribution in [2.45, 2.75) is 26.7 Å². The van der Waals surface area contributed by atoms with Crippen molar-refractivity contribution in [3.8, 4) is 17.2 Å². The van der Waals surface area contributed by atoms with Crippen LogP contribution in [0.15, 0.2) is 77.9 Å². The first-order valence-corrected chi connectivity index (χ1v) is 11.1. The number of nitrogens with one attached hydrogen (secondary N) is 1. The molecule has 0 heterocycles. The van der Waals surface area contributed by atoms with Crippen LogP contribution in [0.2, 0.25) is 0 Å². The molecule has 176 valence electrons. The number of carbonyl (C=O) groups excluding carboxylic acids is 2. The van der Waals surface area contributed by atoms with E-state index in [0.717, 1.165) is 29.7 Å². The van der Waals surface area contributed by atoms with E-state index in [4.69, 9.17) is 14.2 Å². The predicted octanol–water partition coefficient (Wildman–Crippen LogP) is 4.92. The van der Waals surface area contributed by atoms with Crippen molar-refractivity contribution >= 4 is 18.1 Å². The molecule has 3 aromatic carbocycles. The Morgan fingerprint density at radius 2 is 1.62 bits per heavy atom. The number of aryl methyl sites for hydroxylation is 1. The number of carbonyl (C=O) groups is 2. The Bertz CT molecular complexity index is 1110. The molecular formula is C27H28N2O5. The quantitative estimate of drug-likeness (QED) is 0.144. The van der Waals surface area contributed by atoms with Crippen LogP contribution in [0.3, 0.4) is 0 Å². The monoisotopic (exact) mass is 460 g/mol. The summed E-state index contributed by atoms with van der Waals surface area (Å²) >= 11 is 0. The molecule has 7 nitrogen and oxygen atoms in total. The second kappa shape index (κ2) is 12.8. The highest BCUT2D eigenvalue weighted by Gasteiger charge is 2.09. The Kier molecular flexibility index (Phi) is 9.22. The zero-order valence-electron chi connectivity index (χ0n) is 19.3. The summed E-state index contributed by atoms with van der Waals surface area (Å²) in [5, 5.41) is 3.93. The summed E-state index contributed by atoms with van der Waals surface area (Å²) in [6, 6.07) is 21.1. The number of ether oxygens (including phenoxy) is 3. The lowest BCUT2D eigenvalue weighted by atomic mass is 10.2. The standard InChI is InChI=1S/C27H28N2O5/c1-3-4-17-32-23-15-11-22(12-16-23)27(31)34-24-13-9-21(10-14-24)18-28-29-26(30)19-33-25-8-6-5-7-20(25)2/h5-16,18H,3-4,17,19H2,1-2H3,(H,29,30)/b28-18+. The zero-order chi connectivity index (χ0) is 24.2. The fourth-order valence-electron chi connectivity index (χ4n) is 2.88. The molecule has 0 atom stereocenters. The minimum absolute atomic E-state index is 0.136. The van der Waals surface area contributed by atoms with Gasteiger partial charge in [0.05, 0.1) is 18.4 Å². The lowest BCUT2D eigenvalue weighted by Crippen LogP contribution is -2.24. The number of hydrazone groups is 1. The summed E-state index contributed by atoms with van der Waals surface area (Å²) < 4.78 is 16.5. The number of benzene rings is 3. The first-order valence-electron chi connectivity index (χ1n) is 11.1. The number of para-hydroxylation sites is 1. The Morgan fingerprint density at radius 1 is 0.912 bits per heavy atom. The van der Waals surface area contributed by atoms with Gasteiger partial charge in [-0.3, -0.25) is 4.79 Å². The molecule has 0 spiro atoms. The summed E-state index contributed by atoms with van der Waals surface area (Å²) in [7, 11) is 0. The SMILES string of the molecule is CCCCOc1ccc(C(=O)Oc2ccc(/C=N/NC(=O)COc3ccccc3C)cc2)cc1. The highest BCUT2D eigenvalue weighted by atomic mass is 16.5. The van der Waals surface area contributed by atoms with Gasteiger partial charge in [0.25, 0.3) is 5.91 Å². The molecule has 0 bridgehead atoms. The van der Waals surface area contributed by atoms with E-state index in [0.29, 0.717) is 23.7 Å². The maximum absolute atomic E-state index is 12.4. The minimum Gasteiger partial charge on any atom is -0.494 e. The predicted molar refractivity (Wildman–Crippen MR) is 131 cm³/mol. The van der Waals surface area contributed by atoms with Gasteiger partial charge in [-0.25, -0.2) is 10.2 Å².